The lowest BCUT2D eigenvalue weighted by molar-refractivity contribution is 0.0697. The molecule has 2 aromatic carbocycles. The average molecular weight is 380 g/mol. The number of aromatic nitrogens is 2. The van der Waals surface area contributed by atoms with Crippen LogP contribution in [0.2, 0.25) is 0 Å². The van der Waals surface area contributed by atoms with Crippen LogP contribution in [0, 0.1) is 13.8 Å². The van der Waals surface area contributed by atoms with Gasteiger partial charge in [0.15, 0.2) is 0 Å². The first-order valence-corrected chi connectivity index (χ1v) is 9.55. The van der Waals surface area contributed by atoms with Gasteiger partial charge in [-0.2, -0.15) is 0 Å². The number of benzene rings is 2. The van der Waals surface area contributed by atoms with Crippen molar-refractivity contribution >= 4 is 17.0 Å². The summed E-state index contributed by atoms with van der Waals surface area (Å²) in [5.74, 6) is 0.643. The Morgan fingerprint density at radius 3 is 2.86 bits per heavy atom. The van der Waals surface area contributed by atoms with Crippen LogP contribution in [0.4, 0.5) is 0 Å². The van der Waals surface area contributed by atoms with E-state index >= 15 is 0 Å². The second-order valence-electron chi connectivity index (χ2n) is 7.34. The van der Waals surface area contributed by atoms with Crippen LogP contribution in [-0.2, 0) is 17.9 Å². The Bertz CT molecular complexity index is 1020. The van der Waals surface area contributed by atoms with E-state index in [0.29, 0.717) is 18.7 Å². The van der Waals surface area contributed by atoms with Gasteiger partial charge in [-0.3, -0.25) is 0 Å². The maximum Gasteiger partial charge on any atom is 0.335 e. The molecule has 1 aromatic heterocycles. The van der Waals surface area contributed by atoms with Gasteiger partial charge in [-0.1, -0.05) is 17.7 Å². The first-order chi connectivity index (χ1) is 13.5. The lowest BCUT2D eigenvalue weighted by Gasteiger charge is -2.15. The van der Waals surface area contributed by atoms with E-state index in [1.807, 2.05) is 25.1 Å². The molecule has 6 heteroatoms. The number of ether oxygens (including phenoxy) is 2. The van der Waals surface area contributed by atoms with E-state index in [2.05, 4.69) is 22.5 Å². The number of carbonyl (C=O) groups is 1. The van der Waals surface area contributed by atoms with E-state index in [-0.39, 0.29) is 11.7 Å². The van der Waals surface area contributed by atoms with E-state index in [0.717, 1.165) is 42.1 Å². The summed E-state index contributed by atoms with van der Waals surface area (Å²) in [4.78, 5) is 16.0. The van der Waals surface area contributed by atoms with Gasteiger partial charge in [0.2, 0.25) is 0 Å². The smallest absolute Gasteiger partial charge is 0.335 e. The Morgan fingerprint density at radius 2 is 2.14 bits per heavy atom. The minimum Gasteiger partial charge on any atom is -0.485 e. The lowest BCUT2D eigenvalue weighted by atomic mass is 10.1. The number of rotatable bonds is 6. The van der Waals surface area contributed by atoms with Crippen molar-refractivity contribution in [3.05, 3.63) is 58.9 Å². The zero-order valence-corrected chi connectivity index (χ0v) is 16.1. The number of carboxylic acid groups (broad SMARTS) is 1. The Morgan fingerprint density at radius 1 is 1.29 bits per heavy atom. The molecule has 0 aliphatic carbocycles. The van der Waals surface area contributed by atoms with Gasteiger partial charge in [0.05, 0.1) is 29.2 Å². The highest BCUT2D eigenvalue weighted by Gasteiger charge is 2.21. The Hall–Kier alpha value is -2.86. The van der Waals surface area contributed by atoms with Crippen molar-refractivity contribution in [3.8, 4) is 5.75 Å². The highest BCUT2D eigenvalue weighted by atomic mass is 16.5. The van der Waals surface area contributed by atoms with Crippen LogP contribution in [0.5, 0.6) is 5.75 Å². The van der Waals surface area contributed by atoms with Gasteiger partial charge in [-0.25, -0.2) is 9.78 Å². The fourth-order valence-corrected chi connectivity index (χ4v) is 3.72. The van der Waals surface area contributed by atoms with Crippen LogP contribution < -0.4 is 4.74 Å². The average Bonchev–Trinajstić information content (AvgIpc) is 3.29. The van der Waals surface area contributed by atoms with E-state index in [1.165, 1.54) is 5.56 Å². The number of aryl methyl sites for hydroxylation is 2. The molecule has 0 amide bonds. The lowest BCUT2D eigenvalue weighted by Crippen LogP contribution is -2.18. The Labute approximate surface area is 163 Å². The molecule has 1 atom stereocenters. The molecule has 1 fully saturated rings. The van der Waals surface area contributed by atoms with Gasteiger partial charge < -0.3 is 19.1 Å². The van der Waals surface area contributed by atoms with Crippen LogP contribution in [0.25, 0.3) is 11.0 Å². The molecule has 6 nitrogen and oxygen atoms in total. The summed E-state index contributed by atoms with van der Waals surface area (Å²) >= 11 is 0. The van der Waals surface area contributed by atoms with Gasteiger partial charge >= 0.3 is 5.97 Å². The summed E-state index contributed by atoms with van der Waals surface area (Å²) in [6.45, 7) is 5.87. The quantitative estimate of drug-likeness (QED) is 0.697. The van der Waals surface area contributed by atoms with Crippen LogP contribution in [0.3, 0.4) is 0 Å². The molecule has 2 heterocycles. The van der Waals surface area contributed by atoms with Crippen LogP contribution in [-0.4, -0.2) is 33.3 Å². The highest BCUT2D eigenvalue weighted by molar-refractivity contribution is 5.92. The van der Waals surface area contributed by atoms with Crippen molar-refractivity contribution in [1.82, 2.24) is 9.55 Å². The van der Waals surface area contributed by atoms with Crippen molar-refractivity contribution in [3.63, 3.8) is 0 Å². The van der Waals surface area contributed by atoms with E-state index in [4.69, 9.17) is 9.47 Å². The fraction of sp³-hybridized carbons (Fsp3) is 0.364. The summed E-state index contributed by atoms with van der Waals surface area (Å²) in [5, 5.41) is 9.28. The van der Waals surface area contributed by atoms with Gasteiger partial charge in [-0.15, -0.1) is 0 Å². The number of nitrogens with zero attached hydrogens (tertiary/aromatic N) is 2. The van der Waals surface area contributed by atoms with Gasteiger partial charge in [0.1, 0.15) is 18.2 Å². The number of fused-ring (bicyclic) bond motifs is 1. The van der Waals surface area contributed by atoms with E-state index < -0.39 is 5.97 Å². The molecule has 1 aliphatic rings. The van der Waals surface area contributed by atoms with Crippen molar-refractivity contribution in [1.29, 1.82) is 0 Å². The summed E-state index contributed by atoms with van der Waals surface area (Å²) in [5.41, 5.74) is 4.07. The third-order valence-corrected chi connectivity index (χ3v) is 5.17. The van der Waals surface area contributed by atoms with Crippen LogP contribution in [0.1, 0.15) is 40.2 Å². The monoisotopic (exact) mass is 380 g/mol. The molecule has 3 aromatic rings. The number of aromatic carboxylic acids is 1. The molecule has 0 radical (unpaired) electrons. The van der Waals surface area contributed by atoms with Crippen molar-refractivity contribution in [2.75, 3.05) is 6.61 Å². The number of carboxylic acids is 1. The topological polar surface area (TPSA) is 73.6 Å². The number of hydrogen-bond acceptors (Lipinski definition) is 4. The van der Waals surface area contributed by atoms with Gasteiger partial charge in [0.25, 0.3) is 0 Å². The zero-order valence-electron chi connectivity index (χ0n) is 16.1. The summed E-state index contributed by atoms with van der Waals surface area (Å²) in [6.07, 6.45) is 2.23. The summed E-state index contributed by atoms with van der Waals surface area (Å²) < 4.78 is 14.0. The Balaban J connectivity index is 1.66. The molecule has 1 N–H and O–H groups in total. The molecule has 1 unspecified atom stereocenters. The minimum atomic E-state index is -0.955. The summed E-state index contributed by atoms with van der Waals surface area (Å²) in [7, 11) is 0. The second kappa shape index (κ2) is 7.64. The molecule has 1 saturated heterocycles. The van der Waals surface area contributed by atoms with Crippen molar-refractivity contribution in [2.45, 2.75) is 45.9 Å². The SMILES string of the molecule is Cc1ccc(OCc2nc3cc(C(=O)O)ccc3n2CC2CCCO2)c(C)c1. The molecule has 146 valence electrons. The minimum absolute atomic E-state index is 0.149. The first-order valence-electron chi connectivity index (χ1n) is 9.55. The summed E-state index contributed by atoms with van der Waals surface area (Å²) in [6, 6.07) is 11.1. The normalized spacial score (nSPS) is 16.6. The standard InChI is InChI=1S/C22H24N2O4/c1-14-5-8-20(15(2)10-14)28-13-21-23-18-11-16(22(25)26)6-7-19(18)24(21)12-17-4-3-9-27-17/h5-8,10-11,17H,3-4,9,12-13H2,1-2H3,(H,25,26). The van der Waals surface area contributed by atoms with E-state index in [1.54, 1.807) is 12.1 Å². The highest BCUT2D eigenvalue weighted by Crippen LogP contribution is 2.24. The van der Waals surface area contributed by atoms with E-state index in [9.17, 15) is 9.90 Å². The third kappa shape index (κ3) is 3.73. The predicted octanol–water partition coefficient (Wildman–Crippen LogP) is 4.11. The molecule has 0 bridgehead atoms. The number of hydrogen-bond donors (Lipinski definition) is 1. The zero-order chi connectivity index (χ0) is 19.7. The van der Waals surface area contributed by atoms with Crippen molar-refractivity contribution in [2.24, 2.45) is 0 Å². The molecule has 4 rings (SSSR count). The Kier molecular flexibility index (Phi) is 5.05. The molecule has 28 heavy (non-hydrogen) atoms. The molecular formula is C22H24N2O4. The molecular weight excluding hydrogens is 356 g/mol. The first kappa shape index (κ1) is 18.5. The maximum atomic E-state index is 11.3. The number of imidazole rings is 1. The third-order valence-electron chi connectivity index (χ3n) is 5.17. The predicted molar refractivity (Wildman–Crippen MR) is 106 cm³/mol. The molecule has 0 saturated carbocycles. The fourth-order valence-electron chi connectivity index (χ4n) is 3.72. The maximum absolute atomic E-state index is 11.3. The van der Waals surface area contributed by atoms with Crippen molar-refractivity contribution < 1.29 is 19.4 Å². The van der Waals surface area contributed by atoms with Gasteiger partial charge in [0, 0.05) is 6.61 Å². The largest absolute Gasteiger partial charge is 0.485 e. The van der Waals surface area contributed by atoms with Crippen LogP contribution >= 0.6 is 0 Å². The molecule has 1 aliphatic heterocycles. The molecule has 0 spiro atoms. The second-order valence-corrected chi connectivity index (χ2v) is 7.34. The van der Waals surface area contributed by atoms with Crippen LogP contribution in [0.15, 0.2) is 36.4 Å². The van der Waals surface area contributed by atoms with Gasteiger partial charge in [-0.05, 0) is 56.5 Å².